The highest BCUT2D eigenvalue weighted by molar-refractivity contribution is 7.98. The molecule has 1 aliphatic heterocycles. The van der Waals surface area contributed by atoms with Gasteiger partial charge in [-0.05, 0) is 62.2 Å². The van der Waals surface area contributed by atoms with Gasteiger partial charge in [0.1, 0.15) is 10.6 Å². The number of hydrogen-bond acceptors (Lipinski definition) is 6. The second kappa shape index (κ2) is 9.38. The lowest BCUT2D eigenvalue weighted by Gasteiger charge is -2.29. The first-order valence-electron chi connectivity index (χ1n) is 11.2. The van der Waals surface area contributed by atoms with Crippen LogP contribution in [0.5, 0.6) is 5.75 Å². The van der Waals surface area contributed by atoms with Gasteiger partial charge in [0, 0.05) is 22.1 Å². The standard InChI is InChI=1S/C26H25ClN2O3S2/c1-4-31-18-11-9-17(10-12-18)29-24(30)22-19-13-26(2,3)32-14-21(19)34-23(22)28-25(29)33-15-16-7-5-6-8-20(16)27/h5-12H,4,13-15H2,1-3H3. The maximum absolute atomic E-state index is 14.0. The van der Waals surface area contributed by atoms with Crippen LogP contribution in [-0.2, 0) is 23.5 Å². The minimum Gasteiger partial charge on any atom is -0.494 e. The SMILES string of the molecule is CCOc1ccc(-n2c(SCc3ccccc3Cl)nc3sc4c(c3c2=O)CC(C)(C)OC4)cc1. The summed E-state index contributed by atoms with van der Waals surface area (Å²) in [5.74, 6) is 1.38. The van der Waals surface area contributed by atoms with Crippen molar-refractivity contribution in [2.75, 3.05) is 6.61 Å². The predicted octanol–water partition coefficient (Wildman–Crippen LogP) is 6.64. The Kier molecular flexibility index (Phi) is 6.46. The Morgan fingerprint density at radius 3 is 2.71 bits per heavy atom. The topological polar surface area (TPSA) is 53.4 Å². The van der Waals surface area contributed by atoms with Crippen LogP contribution in [0.4, 0.5) is 0 Å². The van der Waals surface area contributed by atoms with E-state index in [9.17, 15) is 4.79 Å². The van der Waals surface area contributed by atoms with Crippen molar-refractivity contribution >= 4 is 44.9 Å². The fourth-order valence-corrected chi connectivity index (χ4v) is 6.56. The molecule has 34 heavy (non-hydrogen) atoms. The quantitative estimate of drug-likeness (QED) is 0.214. The van der Waals surface area contributed by atoms with Crippen molar-refractivity contribution in [2.45, 2.75) is 50.3 Å². The molecular weight excluding hydrogens is 488 g/mol. The van der Waals surface area contributed by atoms with Crippen LogP contribution in [0, 0.1) is 0 Å². The van der Waals surface area contributed by atoms with Crippen LogP contribution in [0.25, 0.3) is 15.9 Å². The summed E-state index contributed by atoms with van der Waals surface area (Å²) in [6, 6.07) is 15.3. The van der Waals surface area contributed by atoms with Gasteiger partial charge in [0.25, 0.3) is 5.56 Å². The number of hydrogen-bond donors (Lipinski definition) is 0. The van der Waals surface area contributed by atoms with Crippen LogP contribution in [0.1, 0.15) is 36.8 Å². The van der Waals surface area contributed by atoms with Crippen LogP contribution >= 0.6 is 34.7 Å². The Morgan fingerprint density at radius 1 is 1.21 bits per heavy atom. The Morgan fingerprint density at radius 2 is 1.97 bits per heavy atom. The lowest BCUT2D eigenvalue weighted by molar-refractivity contribution is -0.0379. The van der Waals surface area contributed by atoms with Gasteiger partial charge in [-0.25, -0.2) is 4.98 Å². The van der Waals surface area contributed by atoms with Crippen molar-refractivity contribution in [1.29, 1.82) is 0 Å². The number of ether oxygens (including phenoxy) is 2. The van der Waals surface area contributed by atoms with Crippen LogP contribution < -0.4 is 10.3 Å². The molecule has 8 heteroatoms. The zero-order valence-corrected chi connectivity index (χ0v) is 21.6. The molecule has 0 amide bonds. The van der Waals surface area contributed by atoms with Crippen molar-refractivity contribution in [1.82, 2.24) is 9.55 Å². The van der Waals surface area contributed by atoms with Gasteiger partial charge >= 0.3 is 0 Å². The minimum atomic E-state index is -0.311. The van der Waals surface area contributed by atoms with E-state index in [0.717, 1.165) is 32.3 Å². The highest BCUT2D eigenvalue weighted by Crippen LogP contribution is 2.38. The van der Waals surface area contributed by atoms with Gasteiger partial charge < -0.3 is 9.47 Å². The normalized spacial score (nSPS) is 14.8. The molecule has 0 fully saturated rings. The van der Waals surface area contributed by atoms with Gasteiger partial charge in [-0.1, -0.05) is 41.6 Å². The van der Waals surface area contributed by atoms with Crippen LogP contribution in [0.15, 0.2) is 58.5 Å². The number of thioether (sulfide) groups is 1. The molecule has 0 N–H and O–H groups in total. The first-order chi connectivity index (χ1) is 16.4. The first-order valence-corrected chi connectivity index (χ1v) is 13.3. The molecule has 2 aromatic heterocycles. The number of halogens is 1. The van der Waals surface area contributed by atoms with Crippen LogP contribution in [-0.4, -0.2) is 21.8 Å². The van der Waals surface area contributed by atoms with E-state index < -0.39 is 0 Å². The van der Waals surface area contributed by atoms with Gasteiger partial charge in [-0.3, -0.25) is 9.36 Å². The number of nitrogens with zero attached hydrogens (tertiary/aromatic N) is 2. The molecule has 5 nitrogen and oxygen atoms in total. The fourth-order valence-electron chi connectivity index (χ4n) is 4.11. The van der Waals surface area contributed by atoms with Gasteiger partial charge in [0.15, 0.2) is 5.16 Å². The smallest absolute Gasteiger partial charge is 0.267 e. The summed E-state index contributed by atoms with van der Waals surface area (Å²) in [5, 5.41) is 2.05. The van der Waals surface area contributed by atoms with Crippen molar-refractivity contribution in [3.63, 3.8) is 0 Å². The van der Waals surface area contributed by atoms with E-state index in [1.54, 1.807) is 15.9 Å². The lowest BCUT2D eigenvalue weighted by Crippen LogP contribution is -2.32. The summed E-state index contributed by atoms with van der Waals surface area (Å²) in [7, 11) is 0. The number of rotatable bonds is 6. The van der Waals surface area contributed by atoms with E-state index in [2.05, 4.69) is 13.8 Å². The second-order valence-corrected chi connectivity index (χ2v) is 11.2. The molecule has 0 bridgehead atoms. The molecule has 0 atom stereocenters. The molecule has 0 saturated heterocycles. The zero-order chi connectivity index (χ0) is 23.9. The Hall–Kier alpha value is -2.32. The average Bonchev–Trinajstić information content (AvgIpc) is 3.16. The number of aromatic nitrogens is 2. The molecule has 4 aromatic rings. The molecule has 0 spiro atoms. The highest BCUT2D eigenvalue weighted by atomic mass is 35.5. The van der Waals surface area contributed by atoms with Crippen LogP contribution in [0.3, 0.4) is 0 Å². The molecular formula is C26H25ClN2O3S2. The van der Waals surface area contributed by atoms with Crippen molar-refractivity contribution in [2.24, 2.45) is 0 Å². The molecule has 176 valence electrons. The third kappa shape index (κ3) is 4.50. The van der Waals surface area contributed by atoms with E-state index in [1.165, 1.54) is 11.8 Å². The van der Waals surface area contributed by atoms with Crippen molar-refractivity contribution < 1.29 is 9.47 Å². The summed E-state index contributed by atoms with van der Waals surface area (Å²) in [4.78, 5) is 20.8. The van der Waals surface area contributed by atoms with Crippen molar-refractivity contribution in [3.05, 3.63) is 79.9 Å². The lowest BCUT2D eigenvalue weighted by atomic mass is 9.94. The van der Waals surface area contributed by atoms with Gasteiger partial charge in [-0.2, -0.15) is 0 Å². The zero-order valence-electron chi connectivity index (χ0n) is 19.3. The van der Waals surface area contributed by atoms with Crippen LogP contribution in [0.2, 0.25) is 5.02 Å². The maximum atomic E-state index is 14.0. The third-order valence-corrected chi connectivity index (χ3v) is 8.25. The van der Waals surface area contributed by atoms with E-state index in [4.69, 9.17) is 26.1 Å². The molecule has 0 unspecified atom stereocenters. The van der Waals surface area contributed by atoms with E-state index in [0.29, 0.717) is 41.0 Å². The maximum Gasteiger partial charge on any atom is 0.267 e. The molecule has 0 aliphatic carbocycles. The molecule has 2 aromatic carbocycles. The van der Waals surface area contributed by atoms with E-state index in [-0.39, 0.29) is 11.2 Å². The van der Waals surface area contributed by atoms with Crippen molar-refractivity contribution in [3.8, 4) is 11.4 Å². The summed E-state index contributed by atoms with van der Waals surface area (Å²) in [6.07, 6.45) is 0.689. The largest absolute Gasteiger partial charge is 0.494 e. The van der Waals surface area contributed by atoms with E-state index in [1.807, 2.05) is 55.5 Å². The summed E-state index contributed by atoms with van der Waals surface area (Å²) in [5.41, 5.74) is 2.47. The Labute approximate surface area is 211 Å². The fraction of sp³-hybridized carbons (Fsp3) is 0.308. The molecule has 0 radical (unpaired) electrons. The highest BCUT2D eigenvalue weighted by Gasteiger charge is 2.31. The number of fused-ring (bicyclic) bond motifs is 3. The number of thiophene rings is 1. The summed E-state index contributed by atoms with van der Waals surface area (Å²) >= 11 is 9.46. The monoisotopic (exact) mass is 512 g/mol. The summed E-state index contributed by atoms with van der Waals surface area (Å²) in [6.45, 7) is 7.17. The van der Waals surface area contributed by atoms with Gasteiger partial charge in [0.05, 0.1) is 29.9 Å². The number of benzene rings is 2. The second-order valence-electron chi connectivity index (χ2n) is 8.75. The Balaban J connectivity index is 1.65. The van der Waals surface area contributed by atoms with Gasteiger partial charge in [-0.15, -0.1) is 11.3 Å². The summed E-state index contributed by atoms with van der Waals surface area (Å²) < 4.78 is 13.3. The molecule has 0 saturated carbocycles. The molecule has 3 heterocycles. The van der Waals surface area contributed by atoms with Gasteiger partial charge in [0.2, 0.25) is 0 Å². The Bertz CT molecular complexity index is 1410. The van der Waals surface area contributed by atoms with E-state index >= 15 is 0 Å². The predicted molar refractivity (Wildman–Crippen MR) is 140 cm³/mol. The minimum absolute atomic E-state index is 0.0500. The first kappa shape index (κ1) is 23.4. The average molecular weight is 513 g/mol. The third-order valence-electron chi connectivity index (χ3n) is 5.79. The molecule has 1 aliphatic rings. The molecule has 5 rings (SSSR count).